The van der Waals surface area contributed by atoms with Crippen molar-refractivity contribution >= 4 is 17.2 Å². The molecule has 1 saturated heterocycles. The smallest absolute Gasteiger partial charge is 0.226 e. The van der Waals surface area contributed by atoms with Crippen LogP contribution in [0.3, 0.4) is 0 Å². The standard InChI is InChI=1S/C17H25N3OS/c1-20(11-15-19-13-4-2-3-5-14(13)22-15)16(21)12-10-17(12)6-8-18-9-7-17/h12,18H,2-11H2,1H3. The van der Waals surface area contributed by atoms with Crippen molar-refractivity contribution in [2.45, 2.75) is 51.5 Å². The number of thiazole rings is 1. The Balaban J connectivity index is 1.39. The minimum Gasteiger partial charge on any atom is -0.339 e. The molecule has 1 atom stereocenters. The molecule has 1 aromatic rings. The van der Waals surface area contributed by atoms with Gasteiger partial charge >= 0.3 is 0 Å². The lowest BCUT2D eigenvalue weighted by atomic mass is 9.91. The molecule has 4 nitrogen and oxygen atoms in total. The molecule has 1 unspecified atom stereocenters. The third-order valence-corrected chi connectivity index (χ3v) is 6.87. The largest absolute Gasteiger partial charge is 0.339 e. The Bertz CT molecular complexity index is 553. The number of nitrogens with one attached hydrogen (secondary N) is 1. The summed E-state index contributed by atoms with van der Waals surface area (Å²) in [5.41, 5.74) is 1.63. The predicted octanol–water partition coefficient (Wildman–Crippen LogP) is 2.37. The summed E-state index contributed by atoms with van der Waals surface area (Å²) in [7, 11) is 1.95. The minimum absolute atomic E-state index is 0.272. The van der Waals surface area contributed by atoms with E-state index in [1.807, 2.05) is 23.3 Å². The first-order valence-corrected chi connectivity index (χ1v) is 9.43. The Kier molecular flexibility index (Phi) is 3.73. The predicted molar refractivity (Wildman–Crippen MR) is 87.9 cm³/mol. The summed E-state index contributed by atoms with van der Waals surface area (Å²) in [5.74, 6) is 0.615. The Morgan fingerprint density at radius 3 is 2.91 bits per heavy atom. The van der Waals surface area contributed by atoms with Gasteiger partial charge in [-0.1, -0.05) is 0 Å². The number of hydrogen-bond donors (Lipinski definition) is 1. The Morgan fingerprint density at radius 2 is 2.14 bits per heavy atom. The lowest BCUT2D eigenvalue weighted by Gasteiger charge is -2.24. The molecule has 2 aliphatic carbocycles. The molecule has 1 amide bonds. The quantitative estimate of drug-likeness (QED) is 0.930. The molecule has 120 valence electrons. The number of nitrogens with zero attached hydrogens (tertiary/aromatic N) is 2. The van der Waals surface area contributed by atoms with Crippen LogP contribution in [0.2, 0.25) is 0 Å². The number of aromatic nitrogens is 1. The van der Waals surface area contributed by atoms with Crippen molar-refractivity contribution in [3.05, 3.63) is 15.6 Å². The minimum atomic E-state index is 0.272. The molecule has 1 saturated carbocycles. The third kappa shape index (κ3) is 2.58. The zero-order chi connectivity index (χ0) is 15.2. The van der Waals surface area contributed by atoms with Crippen LogP contribution >= 0.6 is 11.3 Å². The number of fused-ring (bicyclic) bond motifs is 1. The second kappa shape index (κ2) is 5.60. The average Bonchev–Trinajstić information content (AvgIpc) is 3.05. The highest BCUT2D eigenvalue weighted by atomic mass is 32.1. The van der Waals surface area contributed by atoms with Crippen LogP contribution < -0.4 is 5.32 Å². The second-order valence-corrected chi connectivity index (χ2v) is 8.42. The molecular weight excluding hydrogens is 294 g/mol. The van der Waals surface area contributed by atoms with E-state index in [9.17, 15) is 4.79 Å². The maximum Gasteiger partial charge on any atom is 0.226 e. The van der Waals surface area contributed by atoms with Crippen molar-refractivity contribution in [3.8, 4) is 0 Å². The van der Waals surface area contributed by atoms with E-state index in [-0.39, 0.29) is 5.92 Å². The fourth-order valence-corrected chi connectivity index (χ4v) is 5.40. The SMILES string of the molecule is CN(Cc1nc2c(s1)CCCC2)C(=O)C1CC12CCNCC2. The zero-order valence-corrected chi connectivity index (χ0v) is 14.2. The van der Waals surface area contributed by atoms with Crippen molar-refractivity contribution in [1.82, 2.24) is 15.2 Å². The van der Waals surface area contributed by atoms with Crippen LogP contribution in [0.25, 0.3) is 0 Å². The van der Waals surface area contributed by atoms with Crippen molar-refractivity contribution in [2.75, 3.05) is 20.1 Å². The first kappa shape index (κ1) is 14.6. The highest BCUT2D eigenvalue weighted by molar-refractivity contribution is 7.11. The van der Waals surface area contributed by atoms with Gasteiger partial charge in [0, 0.05) is 17.8 Å². The summed E-state index contributed by atoms with van der Waals surface area (Å²) in [6, 6.07) is 0. The fourth-order valence-electron chi connectivity index (χ4n) is 4.19. The number of amides is 1. The Morgan fingerprint density at radius 1 is 1.36 bits per heavy atom. The summed E-state index contributed by atoms with van der Waals surface area (Å²) in [6.45, 7) is 2.85. The number of piperidine rings is 1. The van der Waals surface area contributed by atoms with E-state index in [0.717, 1.165) is 30.9 Å². The average molecular weight is 319 g/mol. The van der Waals surface area contributed by atoms with Crippen LogP contribution in [0.15, 0.2) is 0 Å². The van der Waals surface area contributed by atoms with E-state index in [4.69, 9.17) is 4.98 Å². The van der Waals surface area contributed by atoms with Gasteiger partial charge in [0.05, 0.1) is 12.2 Å². The van der Waals surface area contributed by atoms with Crippen LogP contribution in [-0.4, -0.2) is 35.9 Å². The molecule has 1 aliphatic heterocycles. The van der Waals surface area contributed by atoms with E-state index in [1.54, 1.807) is 0 Å². The number of hydrogen-bond acceptors (Lipinski definition) is 4. The van der Waals surface area contributed by atoms with Gasteiger partial charge < -0.3 is 10.2 Å². The number of carbonyl (C=O) groups excluding carboxylic acids is 1. The Hall–Kier alpha value is -0.940. The van der Waals surface area contributed by atoms with Crippen LogP contribution in [0, 0.1) is 11.3 Å². The third-order valence-electron chi connectivity index (χ3n) is 5.73. The summed E-state index contributed by atoms with van der Waals surface area (Å²) < 4.78 is 0. The van der Waals surface area contributed by atoms with Crippen molar-refractivity contribution < 1.29 is 4.79 Å². The molecule has 1 aromatic heterocycles. The zero-order valence-electron chi connectivity index (χ0n) is 13.4. The number of aryl methyl sites for hydroxylation is 2. The second-order valence-electron chi connectivity index (χ2n) is 7.25. The summed E-state index contributed by atoms with van der Waals surface area (Å²) >= 11 is 1.83. The van der Waals surface area contributed by atoms with Gasteiger partial charge in [-0.15, -0.1) is 11.3 Å². The van der Waals surface area contributed by atoms with Crippen molar-refractivity contribution in [1.29, 1.82) is 0 Å². The molecule has 1 spiro atoms. The molecule has 1 N–H and O–H groups in total. The normalized spacial score (nSPS) is 25.8. The first-order chi connectivity index (χ1) is 10.7. The Labute approximate surface area is 136 Å². The monoisotopic (exact) mass is 319 g/mol. The van der Waals surface area contributed by atoms with Crippen LogP contribution in [0.1, 0.15) is 47.7 Å². The molecule has 3 aliphatic rings. The highest BCUT2D eigenvalue weighted by Gasteiger charge is 2.58. The molecule has 22 heavy (non-hydrogen) atoms. The maximum atomic E-state index is 12.7. The van der Waals surface area contributed by atoms with E-state index in [1.165, 1.54) is 42.7 Å². The van der Waals surface area contributed by atoms with E-state index >= 15 is 0 Å². The summed E-state index contributed by atoms with van der Waals surface area (Å²) in [6.07, 6.45) is 8.31. The molecule has 4 rings (SSSR count). The van der Waals surface area contributed by atoms with Gasteiger partial charge in [-0.05, 0) is 63.5 Å². The van der Waals surface area contributed by atoms with Crippen LogP contribution in [-0.2, 0) is 24.2 Å². The van der Waals surface area contributed by atoms with Crippen LogP contribution in [0.4, 0.5) is 0 Å². The lowest BCUT2D eigenvalue weighted by Crippen LogP contribution is -2.34. The maximum absolute atomic E-state index is 12.7. The van der Waals surface area contributed by atoms with Gasteiger partial charge in [-0.25, -0.2) is 4.98 Å². The summed E-state index contributed by atoms with van der Waals surface area (Å²) in [5, 5.41) is 4.53. The van der Waals surface area contributed by atoms with Gasteiger partial charge in [0.1, 0.15) is 5.01 Å². The van der Waals surface area contributed by atoms with Gasteiger partial charge in [0.2, 0.25) is 5.91 Å². The van der Waals surface area contributed by atoms with Gasteiger partial charge in [0.15, 0.2) is 0 Å². The molecule has 2 heterocycles. The molecule has 0 bridgehead atoms. The molecule has 0 radical (unpaired) electrons. The van der Waals surface area contributed by atoms with Crippen molar-refractivity contribution in [3.63, 3.8) is 0 Å². The fraction of sp³-hybridized carbons (Fsp3) is 0.765. The van der Waals surface area contributed by atoms with E-state index in [0.29, 0.717) is 17.9 Å². The van der Waals surface area contributed by atoms with Gasteiger partial charge in [0.25, 0.3) is 0 Å². The van der Waals surface area contributed by atoms with Crippen molar-refractivity contribution in [2.24, 2.45) is 11.3 Å². The van der Waals surface area contributed by atoms with Gasteiger partial charge in [-0.3, -0.25) is 4.79 Å². The van der Waals surface area contributed by atoms with E-state index < -0.39 is 0 Å². The van der Waals surface area contributed by atoms with Crippen LogP contribution in [0.5, 0.6) is 0 Å². The first-order valence-electron chi connectivity index (χ1n) is 8.61. The topological polar surface area (TPSA) is 45.2 Å². The molecule has 2 fully saturated rings. The molecular formula is C17H25N3OS. The number of rotatable bonds is 3. The molecule has 5 heteroatoms. The lowest BCUT2D eigenvalue weighted by molar-refractivity contribution is -0.132. The summed E-state index contributed by atoms with van der Waals surface area (Å²) in [4.78, 5) is 20.9. The number of carbonyl (C=O) groups is 1. The van der Waals surface area contributed by atoms with E-state index in [2.05, 4.69) is 5.32 Å². The highest BCUT2D eigenvalue weighted by Crippen LogP contribution is 2.59. The van der Waals surface area contributed by atoms with Gasteiger partial charge in [-0.2, -0.15) is 0 Å². The molecule has 0 aromatic carbocycles.